The quantitative estimate of drug-likeness (QED) is 0.0345. The van der Waals surface area contributed by atoms with Crippen LogP contribution in [0.5, 0.6) is 0 Å². The molecule has 0 rings (SSSR count). The first kappa shape index (κ1) is 65.5. The minimum Gasteiger partial charge on any atom is -0.462 e. The maximum Gasteiger partial charge on any atom is 0.306 e. The van der Waals surface area contributed by atoms with E-state index in [2.05, 4.69) is 179 Å². The molecule has 0 aromatic heterocycles. The maximum absolute atomic E-state index is 12.8. The van der Waals surface area contributed by atoms with Gasteiger partial charge in [-0.15, -0.1) is 0 Å². The molecule has 0 aliphatic heterocycles. The van der Waals surface area contributed by atoms with E-state index >= 15 is 0 Å². The fourth-order valence-corrected chi connectivity index (χ4v) is 7.00. The van der Waals surface area contributed by atoms with Crippen molar-refractivity contribution in [2.24, 2.45) is 0 Å². The topological polar surface area (TPSA) is 61.8 Å². The van der Waals surface area contributed by atoms with E-state index in [1.165, 1.54) is 38.5 Å². The van der Waals surface area contributed by atoms with Gasteiger partial charge in [0, 0.05) is 19.4 Å². The summed E-state index contributed by atoms with van der Waals surface area (Å²) in [5.41, 5.74) is 0. The largest absolute Gasteiger partial charge is 0.462 e. The van der Waals surface area contributed by atoms with Gasteiger partial charge in [-0.25, -0.2) is 0 Å². The summed E-state index contributed by atoms with van der Waals surface area (Å²) >= 11 is 0. The Morgan fingerprint density at radius 2 is 0.614 bits per heavy atom. The van der Waals surface area contributed by atoms with Crippen LogP contribution in [0.3, 0.4) is 0 Å². The Labute approximate surface area is 431 Å². The number of carbonyl (C=O) groups is 2. The predicted molar refractivity (Wildman–Crippen MR) is 306 cm³/mol. The number of allylic oxidation sites excluding steroid dienone is 26. The average molecular weight is 964 g/mol. The monoisotopic (exact) mass is 963 g/mol. The highest BCUT2D eigenvalue weighted by molar-refractivity contribution is 5.70. The zero-order valence-electron chi connectivity index (χ0n) is 45.0. The molecule has 0 aliphatic rings. The standard InChI is InChI=1S/C65H102O5/c1-4-7-10-13-16-19-22-25-28-31-33-35-37-40-43-46-49-52-55-58-64(66)69-62-63(61-68-60-57-54-51-48-45-42-39-36-32-29-26-23-20-17-14-11-8-5-2)70-65(67)59-56-53-50-47-44-41-38-34-30-27-24-21-18-15-12-9-6-3/h7-12,16-21,25-30,33,35-36,38-39,41,47,50,63H,4-6,13-15,22-24,31-32,34,37,40,42-46,48-49,51-62H2,1-3H3/b10-7-,11-8-,12-9-,19-16-,20-17-,21-18-,28-25-,29-26-,30-27-,35-33-,39-36-,41-38-,50-47-. The van der Waals surface area contributed by atoms with Crippen LogP contribution in [0, 0.1) is 0 Å². The summed E-state index contributed by atoms with van der Waals surface area (Å²) < 4.78 is 17.4. The van der Waals surface area contributed by atoms with Crippen LogP contribution in [0.25, 0.3) is 0 Å². The smallest absolute Gasteiger partial charge is 0.306 e. The molecule has 0 heterocycles. The van der Waals surface area contributed by atoms with Crippen LogP contribution in [0.4, 0.5) is 0 Å². The van der Waals surface area contributed by atoms with Gasteiger partial charge >= 0.3 is 11.9 Å². The van der Waals surface area contributed by atoms with E-state index in [0.717, 1.165) is 135 Å². The van der Waals surface area contributed by atoms with Crippen LogP contribution in [0.2, 0.25) is 0 Å². The lowest BCUT2D eigenvalue weighted by Gasteiger charge is -2.18. The number of hydrogen-bond donors (Lipinski definition) is 0. The molecule has 0 bridgehead atoms. The number of rotatable bonds is 49. The van der Waals surface area contributed by atoms with Crippen LogP contribution in [0.15, 0.2) is 158 Å². The van der Waals surface area contributed by atoms with Crippen molar-refractivity contribution in [3.8, 4) is 0 Å². The average Bonchev–Trinajstić information content (AvgIpc) is 3.36. The lowest BCUT2D eigenvalue weighted by molar-refractivity contribution is -0.162. The third-order valence-corrected chi connectivity index (χ3v) is 11.0. The van der Waals surface area contributed by atoms with Gasteiger partial charge in [0.1, 0.15) is 6.61 Å². The van der Waals surface area contributed by atoms with Crippen molar-refractivity contribution in [1.82, 2.24) is 0 Å². The van der Waals surface area contributed by atoms with Crippen molar-refractivity contribution >= 4 is 11.9 Å². The molecule has 0 aromatic carbocycles. The second kappa shape index (κ2) is 58.8. The van der Waals surface area contributed by atoms with Crippen molar-refractivity contribution in [2.45, 2.75) is 219 Å². The molecule has 1 unspecified atom stereocenters. The highest BCUT2D eigenvalue weighted by Gasteiger charge is 2.17. The molecular weight excluding hydrogens is 861 g/mol. The van der Waals surface area contributed by atoms with E-state index in [1.54, 1.807) is 0 Å². The predicted octanol–water partition coefficient (Wildman–Crippen LogP) is 19.5. The van der Waals surface area contributed by atoms with E-state index in [1.807, 2.05) is 0 Å². The van der Waals surface area contributed by atoms with Gasteiger partial charge in [-0.1, -0.05) is 224 Å². The molecule has 0 N–H and O–H groups in total. The Bertz CT molecular complexity index is 1560. The second-order valence-electron chi connectivity index (χ2n) is 17.7. The lowest BCUT2D eigenvalue weighted by Crippen LogP contribution is -2.30. The molecule has 0 aromatic rings. The fourth-order valence-electron chi connectivity index (χ4n) is 7.00. The zero-order valence-corrected chi connectivity index (χ0v) is 45.0. The van der Waals surface area contributed by atoms with Crippen molar-refractivity contribution in [3.05, 3.63) is 158 Å². The van der Waals surface area contributed by atoms with Gasteiger partial charge in [0.2, 0.25) is 0 Å². The minimum atomic E-state index is -0.596. The normalized spacial score (nSPS) is 13.5. The van der Waals surface area contributed by atoms with Crippen molar-refractivity contribution < 1.29 is 23.8 Å². The molecule has 0 fully saturated rings. The number of hydrogen-bond acceptors (Lipinski definition) is 5. The molecule has 5 nitrogen and oxygen atoms in total. The van der Waals surface area contributed by atoms with Crippen molar-refractivity contribution in [3.63, 3.8) is 0 Å². The zero-order chi connectivity index (χ0) is 50.6. The van der Waals surface area contributed by atoms with Crippen molar-refractivity contribution in [2.75, 3.05) is 19.8 Å². The third-order valence-electron chi connectivity index (χ3n) is 11.0. The Balaban J connectivity index is 4.47. The van der Waals surface area contributed by atoms with Gasteiger partial charge < -0.3 is 14.2 Å². The van der Waals surface area contributed by atoms with Crippen molar-refractivity contribution in [1.29, 1.82) is 0 Å². The number of esters is 2. The summed E-state index contributed by atoms with van der Waals surface area (Å²) in [6, 6.07) is 0. The van der Waals surface area contributed by atoms with Crippen LogP contribution < -0.4 is 0 Å². The third kappa shape index (κ3) is 56.1. The van der Waals surface area contributed by atoms with E-state index in [9.17, 15) is 9.59 Å². The van der Waals surface area contributed by atoms with Gasteiger partial charge in [0.05, 0.1) is 6.61 Å². The molecule has 0 spiro atoms. The molecule has 70 heavy (non-hydrogen) atoms. The second-order valence-corrected chi connectivity index (χ2v) is 17.7. The highest BCUT2D eigenvalue weighted by Crippen LogP contribution is 2.12. The lowest BCUT2D eigenvalue weighted by atomic mass is 10.1. The first-order valence-corrected chi connectivity index (χ1v) is 28.0. The maximum atomic E-state index is 12.8. The minimum absolute atomic E-state index is 0.0357. The Kier molecular flexibility index (Phi) is 55.1. The Morgan fingerprint density at radius 1 is 0.314 bits per heavy atom. The van der Waals surface area contributed by atoms with Crippen LogP contribution >= 0.6 is 0 Å². The molecule has 5 heteroatoms. The molecule has 0 amide bonds. The Hall–Kier alpha value is -4.48. The fraction of sp³-hybridized carbons (Fsp3) is 0.569. The van der Waals surface area contributed by atoms with Gasteiger partial charge in [-0.3, -0.25) is 9.59 Å². The summed E-state index contributed by atoms with van der Waals surface area (Å²) in [4.78, 5) is 25.5. The summed E-state index contributed by atoms with van der Waals surface area (Å²) in [6.07, 6.45) is 86.9. The van der Waals surface area contributed by atoms with Gasteiger partial charge in [0.25, 0.3) is 0 Å². The molecule has 0 aliphatic carbocycles. The van der Waals surface area contributed by atoms with Gasteiger partial charge in [-0.2, -0.15) is 0 Å². The SMILES string of the molecule is CC/C=C\C/C=C\C/C=C\C/C=C\C/C=C\CCCC(=O)OC(COCCCCCCC/C=C\C/C=C\C/C=C\C/C=C\CC)COC(=O)CCCCCCCC/C=C\C/C=C\C/C=C\C/C=C\CC. The van der Waals surface area contributed by atoms with E-state index in [0.29, 0.717) is 25.9 Å². The molecule has 392 valence electrons. The first-order chi connectivity index (χ1) is 34.6. The molecule has 0 saturated carbocycles. The summed E-state index contributed by atoms with van der Waals surface area (Å²) in [6.45, 7) is 7.35. The summed E-state index contributed by atoms with van der Waals surface area (Å²) in [7, 11) is 0. The Morgan fingerprint density at radius 3 is 1.00 bits per heavy atom. The highest BCUT2D eigenvalue weighted by atomic mass is 16.6. The summed E-state index contributed by atoms with van der Waals surface area (Å²) in [5.74, 6) is -0.503. The van der Waals surface area contributed by atoms with E-state index in [4.69, 9.17) is 14.2 Å². The molecular formula is C65H102O5. The summed E-state index contributed by atoms with van der Waals surface area (Å²) in [5, 5.41) is 0. The van der Waals surface area contributed by atoms with Crippen LogP contribution in [-0.4, -0.2) is 37.9 Å². The van der Waals surface area contributed by atoms with Gasteiger partial charge in [-0.05, 0) is 135 Å². The van der Waals surface area contributed by atoms with Gasteiger partial charge in [0.15, 0.2) is 6.10 Å². The number of ether oxygens (including phenoxy) is 3. The first-order valence-electron chi connectivity index (χ1n) is 28.0. The molecule has 0 radical (unpaired) electrons. The van der Waals surface area contributed by atoms with E-state index < -0.39 is 6.10 Å². The molecule has 0 saturated heterocycles. The van der Waals surface area contributed by atoms with Crippen LogP contribution in [-0.2, 0) is 23.8 Å². The molecule has 1 atom stereocenters. The number of carbonyl (C=O) groups excluding carboxylic acids is 2. The van der Waals surface area contributed by atoms with E-state index in [-0.39, 0.29) is 25.2 Å². The van der Waals surface area contributed by atoms with Crippen LogP contribution in [0.1, 0.15) is 213 Å². The number of unbranched alkanes of at least 4 members (excludes halogenated alkanes) is 12.